The van der Waals surface area contributed by atoms with Crippen LogP contribution in [0, 0.1) is 61.6 Å². The third-order valence-corrected chi connectivity index (χ3v) is 12.7. The van der Waals surface area contributed by atoms with Gasteiger partial charge in [0.05, 0.1) is 17.6 Å². The number of hydrogen-bond donors (Lipinski definition) is 2. The van der Waals surface area contributed by atoms with E-state index in [-0.39, 0.29) is 70.2 Å². The van der Waals surface area contributed by atoms with Crippen molar-refractivity contribution in [3.8, 4) is 6.07 Å². The molecule has 6 heteroatoms. The highest BCUT2D eigenvalue weighted by atomic mass is 16.3. The van der Waals surface area contributed by atoms with E-state index in [0.717, 1.165) is 50.5 Å². The fourth-order valence-corrected chi connectivity index (χ4v) is 10.4. The number of Topliss-reactive ketones (excluding diaryl/α,β-unsaturated/α-hetero) is 1. The zero-order valence-electron chi connectivity index (χ0n) is 24.9. The quantitative estimate of drug-likeness (QED) is 0.510. The lowest BCUT2D eigenvalue weighted by molar-refractivity contribution is -0.178. The number of carbonyl (C=O) groups is 3. The summed E-state index contributed by atoms with van der Waals surface area (Å²) in [7, 11) is 0. The molecule has 0 spiro atoms. The van der Waals surface area contributed by atoms with Gasteiger partial charge in [-0.2, -0.15) is 5.26 Å². The third kappa shape index (κ3) is 3.57. The van der Waals surface area contributed by atoms with Gasteiger partial charge in [-0.1, -0.05) is 60.1 Å². The van der Waals surface area contributed by atoms with E-state index in [1.54, 1.807) is 0 Å². The van der Waals surface area contributed by atoms with Crippen LogP contribution in [-0.2, 0) is 14.4 Å². The van der Waals surface area contributed by atoms with E-state index in [0.29, 0.717) is 0 Å². The minimum atomic E-state index is -0.683. The van der Waals surface area contributed by atoms with Gasteiger partial charge < -0.3 is 10.4 Å². The third-order valence-electron chi connectivity index (χ3n) is 12.7. The second kappa shape index (κ2) is 8.62. The van der Waals surface area contributed by atoms with Crippen LogP contribution >= 0.6 is 0 Å². The molecule has 2 N–H and O–H groups in total. The lowest BCUT2D eigenvalue weighted by atomic mass is 9.34. The molecule has 7 atom stereocenters. The Labute approximate surface area is 233 Å². The number of nitrogens with zero attached hydrogens (tertiary/aromatic N) is 1. The van der Waals surface area contributed by atoms with Crippen LogP contribution in [0.3, 0.4) is 0 Å². The van der Waals surface area contributed by atoms with Gasteiger partial charge in [0.2, 0.25) is 5.91 Å². The monoisotopic (exact) mass is 534 g/mol. The summed E-state index contributed by atoms with van der Waals surface area (Å²) in [5, 5.41) is 22.3. The Morgan fingerprint density at radius 2 is 1.72 bits per heavy atom. The van der Waals surface area contributed by atoms with Gasteiger partial charge in [0, 0.05) is 23.3 Å². The number of nitrogens with one attached hydrogen (secondary N) is 1. The van der Waals surface area contributed by atoms with E-state index < -0.39 is 16.2 Å². The minimum Gasteiger partial charge on any atom is -0.395 e. The zero-order chi connectivity index (χ0) is 28.8. The van der Waals surface area contributed by atoms with Crippen LogP contribution in [0.5, 0.6) is 0 Å². The van der Waals surface area contributed by atoms with Gasteiger partial charge in [0.15, 0.2) is 11.6 Å². The zero-order valence-corrected chi connectivity index (χ0v) is 24.9. The van der Waals surface area contributed by atoms with Crippen molar-refractivity contribution in [2.75, 3.05) is 13.2 Å². The Kier molecular flexibility index (Phi) is 6.25. The lowest BCUT2D eigenvalue weighted by Gasteiger charge is -2.69. The van der Waals surface area contributed by atoms with E-state index >= 15 is 0 Å². The van der Waals surface area contributed by atoms with E-state index in [2.05, 4.69) is 46.0 Å². The van der Waals surface area contributed by atoms with Crippen molar-refractivity contribution in [2.24, 2.45) is 50.2 Å². The molecule has 0 aromatic carbocycles. The summed E-state index contributed by atoms with van der Waals surface area (Å²) >= 11 is 0. The second-order valence-corrected chi connectivity index (χ2v) is 15.4. The number of aliphatic hydroxyl groups is 1. The highest BCUT2D eigenvalue weighted by Crippen LogP contribution is 2.74. The Bertz CT molecular complexity index is 1240. The molecule has 39 heavy (non-hydrogen) atoms. The predicted molar refractivity (Wildman–Crippen MR) is 149 cm³/mol. The van der Waals surface area contributed by atoms with Gasteiger partial charge in [-0.05, 0) is 79.1 Å². The van der Waals surface area contributed by atoms with Crippen LogP contribution in [0.4, 0.5) is 0 Å². The highest BCUT2D eigenvalue weighted by Gasteiger charge is 2.70. The Morgan fingerprint density at radius 3 is 2.36 bits per heavy atom. The number of nitriles is 1. The van der Waals surface area contributed by atoms with E-state index in [9.17, 15) is 24.8 Å². The normalized spacial score (nSPS) is 43.9. The summed E-state index contributed by atoms with van der Waals surface area (Å²) in [6.07, 6.45) is 9.54. The minimum absolute atomic E-state index is 0.00311. The topological polar surface area (TPSA) is 107 Å². The number of rotatable bonds is 3. The Balaban J connectivity index is 1.67. The highest BCUT2D eigenvalue weighted by molar-refractivity contribution is 6.04. The maximum Gasteiger partial charge on any atom is 0.226 e. The van der Waals surface area contributed by atoms with Crippen molar-refractivity contribution in [3.05, 3.63) is 23.3 Å². The summed E-state index contributed by atoms with van der Waals surface area (Å²) in [6, 6.07) is 2.17. The van der Waals surface area contributed by atoms with Crippen molar-refractivity contribution < 1.29 is 19.5 Å². The van der Waals surface area contributed by atoms with Crippen LogP contribution in [0.2, 0.25) is 0 Å². The molecule has 0 saturated heterocycles. The van der Waals surface area contributed by atoms with Crippen molar-refractivity contribution >= 4 is 17.5 Å². The first-order chi connectivity index (χ1) is 18.0. The maximum absolute atomic E-state index is 14.5. The number of allylic oxidation sites excluding steroid dienone is 4. The lowest BCUT2D eigenvalue weighted by Crippen LogP contribution is -2.66. The van der Waals surface area contributed by atoms with Crippen LogP contribution in [0.15, 0.2) is 23.3 Å². The van der Waals surface area contributed by atoms with Crippen LogP contribution in [0.1, 0.15) is 93.4 Å². The molecule has 0 radical (unpaired) electrons. The Hall–Kier alpha value is -2.26. The van der Waals surface area contributed by atoms with Crippen LogP contribution < -0.4 is 5.32 Å². The first-order valence-corrected chi connectivity index (χ1v) is 14.9. The number of hydrogen-bond acceptors (Lipinski definition) is 5. The fraction of sp³-hybridized carbons (Fsp3) is 0.758. The molecule has 1 amide bonds. The summed E-state index contributed by atoms with van der Waals surface area (Å²) in [5.74, 6) is -0.309. The van der Waals surface area contributed by atoms with Crippen molar-refractivity contribution in [2.45, 2.75) is 93.4 Å². The molecule has 0 aromatic rings. The summed E-state index contributed by atoms with van der Waals surface area (Å²) < 4.78 is 0. The molecule has 5 aliphatic carbocycles. The van der Waals surface area contributed by atoms with Gasteiger partial charge in [0.25, 0.3) is 0 Å². The fourth-order valence-electron chi connectivity index (χ4n) is 10.4. The van der Waals surface area contributed by atoms with Gasteiger partial charge in [0.1, 0.15) is 6.07 Å². The van der Waals surface area contributed by atoms with E-state index in [1.807, 2.05) is 26.0 Å². The average molecular weight is 535 g/mol. The smallest absolute Gasteiger partial charge is 0.226 e. The molecule has 0 aliphatic heterocycles. The first kappa shape index (κ1) is 28.3. The SMILES string of the molecule is CC1(C)CC[C@]2(C(=O)NCCO)CC[C@]3(C)C(C(=O)C=C4[C@@]5(C)C=C(C#N)C(=O)C(C)(C)C5CC[C@]43C)C2C1. The molecule has 0 aromatic heterocycles. The predicted octanol–water partition coefficient (Wildman–Crippen LogP) is 5.31. The van der Waals surface area contributed by atoms with Gasteiger partial charge in [-0.25, -0.2) is 0 Å². The summed E-state index contributed by atoms with van der Waals surface area (Å²) in [4.78, 5) is 41.5. The molecule has 5 rings (SSSR count). The summed E-state index contributed by atoms with van der Waals surface area (Å²) in [5.41, 5.74) is -1.14. The van der Waals surface area contributed by atoms with Gasteiger partial charge in [-0.15, -0.1) is 0 Å². The van der Waals surface area contributed by atoms with Gasteiger partial charge >= 0.3 is 0 Å². The van der Waals surface area contributed by atoms with Crippen molar-refractivity contribution in [1.29, 1.82) is 5.26 Å². The van der Waals surface area contributed by atoms with Crippen molar-refractivity contribution in [1.82, 2.24) is 5.32 Å². The average Bonchev–Trinajstić information content (AvgIpc) is 2.86. The molecule has 3 fully saturated rings. The molecular weight excluding hydrogens is 488 g/mol. The number of aliphatic hydroxyl groups excluding tert-OH is 1. The number of amides is 1. The number of carbonyl (C=O) groups excluding carboxylic acids is 3. The van der Waals surface area contributed by atoms with E-state index in [1.165, 1.54) is 0 Å². The number of ketones is 2. The van der Waals surface area contributed by atoms with Crippen LogP contribution in [0.25, 0.3) is 0 Å². The molecule has 212 valence electrons. The van der Waals surface area contributed by atoms with E-state index in [4.69, 9.17) is 0 Å². The molecule has 0 heterocycles. The molecule has 5 aliphatic rings. The Morgan fingerprint density at radius 1 is 1.05 bits per heavy atom. The van der Waals surface area contributed by atoms with Crippen LogP contribution in [-0.4, -0.2) is 35.7 Å². The first-order valence-electron chi connectivity index (χ1n) is 14.9. The van der Waals surface area contributed by atoms with Gasteiger partial charge in [-0.3, -0.25) is 14.4 Å². The standard InChI is InChI=1S/C33H46N2O4/c1-28(2)10-12-33(27(39)35-14-15-36)13-11-32(7)25(21(33)18-28)22(37)16-24-30(5)17-20(19-34)26(38)29(3,4)23(30)8-9-31(24,32)6/h16-17,21,23,25,36H,8-15,18H2,1-7H3,(H,35,39)/t21?,23?,25?,30-,31+,32+,33-/m0/s1. The van der Waals surface area contributed by atoms with Crippen molar-refractivity contribution in [3.63, 3.8) is 0 Å². The maximum atomic E-state index is 14.5. The second-order valence-electron chi connectivity index (χ2n) is 15.4. The molecule has 0 bridgehead atoms. The molecule has 3 unspecified atom stereocenters. The number of fused-ring (bicyclic) bond motifs is 7. The molecule has 6 nitrogen and oxygen atoms in total. The molecule has 3 saturated carbocycles. The molecular formula is C33H46N2O4. The summed E-state index contributed by atoms with van der Waals surface area (Å²) in [6.45, 7) is 15.3. The largest absolute Gasteiger partial charge is 0.395 e.